The molecule has 0 amide bonds. The molecule has 5 heteroatoms. The minimum Gasteiger partial charge on any atom is -0.478 e. The van der Waals surface area contributed by atoms with E-state index in [1.54, 1.807) is 12.3 Å². The molecule has 0 saturated heterocycles. The Bertz CT molecular complexity index is 428. The number of aliphatic hydroxyl groups excluding tert-OH is 1. The molecule has 18 heavy (non-hydrogen) atoms. The summed E-state index contributed by atoms with van der Waals surface area (Å²) in [6, 6.07) is 1.66. The molecule has 0 bridgehead atoms. The number of aromatic carboxylic acids is 1. The lowest BCUT2D eigenvalue weighted by Gasteiger charge is -2.27. The number of nitrogens with one attached hydrogen (secondary N) is 1. The zero-order chi connectivity index (χ0) is 13.0. The molecule has 1 aliphatic rings. The highest BCUT2D eigenvalue weighted by atomic mass is 16.4. The van der Waals surface area contributed by atoms with Crippen LogP contribution in [-0.2, 0) is 0 Å². The summed E-state index contributed by atoms with van der Waals surface area (Å²) in [5, 5.41) is 21.7. The van der Waals surface area contributed by atoms with Gasteiger partial charge in [-0.05, 0) is 18.9 Å². The fraction of sp³-hybridized carbons (Fsp3) is 0.538. The zero-order valence-corrected chi connectivity index (χ0v) is 10.2. The van der Waals surface area contributed by atoms with Crippen molar-refractivity contribution in [3.63, 3.8) is 0 Å². The van der Waals surface area contributed by atoms with Gasteiger partial charge in [0.25, 0.3) is 0 Å². The Balaban J connectivity index is 2.08. The Kier molecular flexibility index (Phi) is 3.81. The van der Waals surface area contributed by atoms with E-state index in [9.17, 15) is 9.90 Å². The standard InChI is InChI=1S/C13H18N2O3/c16-9-13(4-1-2-5-13)8-15-11-3-6-14-7-10(11)12(17)18/h3,6-7,16H,1-2,4-5,8-9H2,(H,14,15)(H,17,18). The molecule has 0 atom stereocenters. The number of pyridine rings is 1. The number of nitrogens with zero attached hydrogens (tertiary/aromatic N) is 1. The number of hydrogen-bond acceptors (Lipinski definition) is 4. The lowest BCUT2D eigenvalue weighted by Crippen LogP contribution is -2.31. The number of rotatable bonds is 5. The van der Waals surface area contributed by atoms with Crippen molar-refractivity contribution in [3.8, 4) is 0 Å². The van der Waals surface area contributed by atoms with Crippen molar-refractivity contribution in [2.45, 2.75) is 25.7 Å². The summed E-state index contributed by atoms with van der Waals surface area (Å²) in [7, 11) is 0. The zero-order valence-electron chi connectivity index (χ0n) is 10.2. The molecule has 1 aromatic heterocycles. The van der Waals surface area contributed by atoms with Crippen molar-refractivity contribution >= 4 is 11.7 Å². The van der Waals surface area contributed by atoms with Crippen molar-refractivity contribution < 1.29 is 15.0 Å². The van der Waals surface area contributed by atoms with E-state index in [1.165, 1.54) is 6.20 Å². The van der Waals surface area contributed by atoms with Gasteiger partial charge in [-0.15, -0.1) is 0 Å². The van der Waals surface area contributed by atoms with E-state index < -0.39 is 5.97 Å². The summed E-state index contributed by atoms with van der Waals surface area (Å²) in [6.07, 6.45) is 7.14. The van der Waals surface area contributed by atoms with Gasteiger partial charge in [0.05, 0.1) is 12.3 Å². The average Bonchev–Trinajstić information content (AvgIpc) is 2.86. The highest BCUT2D eigenvalue weighted by Gasteiger charge is 2.33. The van der Waals surface area contributed by atoms with Crippen LogP contribution in [0.25, 0.3) is 0 Å². The van der Waals surface area contributed by atoms with Crippen molar-refractivity contribution in [2.24, 2.45) is 5.41 Å². The minimum atomic E-state index is -0.991. The molecule has 1 heterocycles. The number of aliphatic hydroxyl groups is 1. The van der Waals surface area contributed by atoms with Crippen LogP contribution < -0.4 is 5.32 Å². The first kappa shape index (κ1) is 12.8. The molecular weight excluding hydrogens is 232 g/mol. The second-order valence-electron chi connectivity index (χ2n) is 4.95. The van der Waals surface area contributed by atoms with Gasteiger partial charge < -0.3 is 15.5 Å². The fourth-order valence-electron chi connectivity index (χ4n) is 2.52. The predicted octanol–water partition coefficient (Wildman–Crippen LogP) is 1.74. The molecule has 98 valence electrons. The molecule has 0 aromatic carbocycles. The molecule has 1 aromatic rings. The maximum absolute atomic E-state index is 11.0. The number of aromatic nitrogens is 1. The number of anilines is 1. The summed E-state index contributed by atoms with van der Waals surface area (Å²) in [5.41, 5.74) is 0.639. The number of carboxylic acid groups (broad SMARTS) is 1. The van der Waals surface area contributed by atoms with Crippen molar-refractivity contribution in [1.82, 2.24) is 4.98 Å². The molecular formula is C13H18N2O3. The fourth-order valence-corrected chi connectivity index (χ4v) is 2.52. The Morgan fingerprint density at radius 3 is 2.78 bits per heavy atom. The summed E-state index contributed by atoms with van der Waals surface area (Å²) in [5.74, 6) is -0.991. The third kappa shape index (κ3) is 2.61. The molecule has 1 aliphatic carbocycles. The maximum Gasteiger partial charge on any atom is 0.339 e. The molecule has 0 spiro atoms. The van der Waals surface area contributed by atoms with Crippen LogP contribution in [0.1, 0.15) is 36.0 Å². The van der Waals surface area contributed by atoms with Crippen molar-refractivity contribution in [3.05, 3.63) is 24.0 Å². The second kappa shape index (κ2) is 5.35. The SMILES string of the molecule is O=C(O)c1cnccc1NCC1(CO)CCCC1. The van der Waals surface area contributed by atoms with Crippen LogP contribution in [0.15, 0.2) is 18.5 Å². The van der Waals surface area contributed by atoms with Gasteiger partial charge in [0.15, 0.2) is 0 Å². The Labute approximate surface area is 106 Å². The van der Waals surface area contributed by atoms with Crippen LogP contribution in [-0.4, -0.2) is 34.3 Å². The van der Waals surface area contributed by atoms with Crippen molar-refractivity contribution in [1.29, 1.82) is 0 Å². The third-order valence-corrected chi connectivity index (χ3v) is 3.70. The molecule has 2 rings (SSSR count). The van der Waals surface area contributed by atoms with Gasteiger partial charge >= 0.3 is 5.97 Å². The Morgan fingerprint density at radius 2 is 2.17 bits per heavy atom. The normalized spacial score (nSPS) is 17.6. The highest BCUT2D eigenvalue weighted by molar-refractivity contribution is 5.93. The van der Waals surface area contributed by atoms with E-state index in [-0.39, 0.29) is 17.6 Å². The van der Waals surface area contributed by atoms with Gasteiger partial charge in [0, 0.05) is 24.4 Å². The van der Waals surface area contributed by atoms with E-state index in [1.807, 2.05) is 0 Å². The largest absolute Gasteiger partial charge is 0.478 e. The quantitative estimate of drug-likeness (QED) is 0.741. The van der Waals surface area contributed by atoms with Crippen molar-refractivity contribution in [2.75, 3.05) is 18.5 Å². The lowest BCUT2D eigenvalue weighted by molar-refractivity contribution is 0.0697. The van der Waals surface area contributed by atoms with Crippen LogP contribution in [0.3, 0.4) is 0 Å². The topological polar surface area (TPSA) is 82.5 Å². The van der Waals surface area contributed by atoms with Gasteiger partial charge in [-0.2, -0.15) is 0 Å². The summed E-state index contributed by atoms with van der Waals surface area (Å²) >= 11 is 0. The van der Waals surface area contributed by atoms with E-state index in [0.29, 0.717) is 12.2 Å². The third-order valence-electron chi connectivity index (χ3n) is 3.70. The number of hydrogen-bond donors (Lipinski definition) is 3. The predicted molar refractivity (Wildman–Crippen MR) is 67.7 cm³/mol. The van der Waals surface area contributed by atoms with Crippen LogP contribution in [0.5, 0.6) is 0 Å². The first-order valence-electron chi connectivity index (χ1n) is 6.19. The Hall–Kier alpha value is -1.62. The molecule has 0 radical (unpaired) electrons. The van der Waals surface area contributed by atoms with E-state index in [2.05, 4.69) is 10.3 Å². The van der Waals surface area contributed by atoms with Crippen LogP contribution in [0.2, 0.25) is 0 Å². The van der Waals surface area contributed by atoms with Crippen LogP contribution in [0.4, 0.5) is 5.69 Å². The summed E-state index contributed by atoms with van der Waals surface area (Å²) in [6.45, 7) is 0.751. The maximum atomic E-state index is 11.0. The Morgan fingerprint density at radius 1 is 1.44 bits per heavy atom. The van der Waals surface area contributed by atoms with Gasteiger partial charge in [-0.3, -0.25) is 4.98 Å². The highest BCUT2D eigenvalue weighted by Crippen LogP contribution is 2.37. The molecule has 1 fully saturated rings. The molecule has 3 N–H and O–H groups in total. The molecule has 1 saturated carbocycles. The van der Waals surface area contributed by atoms with Gasteiger partial charge in [0.2, 0.25) is 0 Å². The first-order valence-corrected chi connectivity index (χ1v) is 6.19. The monoisotopic (exact) mass is 250 g/mol. The number of carboxylic acids is 1. The average molecular weight is 250 g/mol. The van der Waals surface area contributed by atoms with Crippen LogP contribution in [0, 0.1) is 5.41 Å². The molecule has 0 aliphatic heterocycles. The molecule has 5 nitrogen and oxygen atoms in total. The van der Waals surface area contributed by atoms with Gasteiger partial charge in [-0.25, -0.2) is 4.79 Å². The molecule has 0 unspecified atom stereocenters. The summed E-state index contributed by atoms with van der Waals surface area (Å²) < 4.78 is 0. The smallest absolute Gasteiger partial charge is 0.339 e. The van der Waals surface area contributed by atoms with E-state index >= 15 is 0 Å². The van der Waals surface area contributed by atoms with Crippen LogP contribution >= 0.6 is 0 Å². The second-order valence-corrected chi connectivity index (χ2v) is 4.95. The minimum absolute atomic E-state index is 0.0982. The van der Waals surface area contributed by atoms with E-state index in [0.717, 1.165) is 25.7 Å². The van der Waals surface area contributed by atoms with E-state index in [4.69, 9.17) is 5.11 Å². The van der Waals surface area contributed by atoms with Gasteiger partial charge in [0.1, 0.15) is 5.56 Å². The number of carbonyl (C=O) groups is 1. The first-order chi connectivity index (χ1) is 8.67. The summed E-state index contributed by atoms with van der Waals surface area (Å²) in [4.78, 5) is 14.9. The lowest BCUT2D eigenvalue weighted by atomic mass is 9.87. The van der Waals surface area contributed by atoms with Gasteiger partial charge in [-0.1, -0.05) is 12.8 Å².